The Morgan fingerprint density at radius 2 is 2.50 bits per heavy atom. The number of nitrogens with one attached hydrogen (secondary N) is 1. The summed E-state index contributed by atoms with van der Waals surface area (Å²) in [6.45, 7) is 1.38. The van der Waals surface area contributed by atoms with Crippen LogP contribution in [-0.4, -0.2) is 41.4 Å². The third kappa shape index (κ3) is 1.59. The van der Waals surface area contributed by atoms with Gasteiger partial charge in [-0.2, -0.15) is 5.10 Å². The van der Waals surface area contributed by atoms with Gasteiger partial charge in [-0.1, -0.05) is 0 Å². The third-order valence-corrected chi connectivity index (χ3v) is 2.81. The summed E-state index contributed by atoms with van der Waals surface area (Å²) in [6.07, 6.45) is 1.49. The fourth-order valence-electron chi connectivity index (χ4n) is 1.98. The molecule has 2 atom stereocenters. The number of alkyl halides is 1. The number of anilines is 1. The Hall–Kier alpha value is -1.10. The lowest BCUT2D eigenvalue weighted by Gasteiger charge is -2.31. The van der Waals surface area contributed by atoms with E-state index >= 15 is 0 Å². The molecule has 1 fully saturated rings. The molecule has 0 aliphatic carbocycles. The number of nitrogen functional groups attached to an aromatic ring is 1. The first-order valence-corrected chi connectivity index (χ1v) is 4.80. The van der Waals surface area contributed by atoms with Crippen molar-refractivity contribution in [3.8, 4) is 0 Å². The molecule has 78 valence electrons. The molecule has 1 aromatic heterocycles. The zero-order valence-corrected chi connectivity index (χ0v) is 8.20. The summed E-state index contributed by atoms with van der Waals surface area (Å²) in [5.41, 5.74) is 7.02. The van der Waals surface area contributed by atoms with Gasteiger partial charge in [-0.15, -0.1) is 0 Å². The van der Waals surface area contributed by atoms with Crippen molar-refractivity contribution in [2.75, 3.05) is 25.9 Å². The Kier molecular flexibility index (Phi) is 2.41. The number of hydrogen-bond donors (Lipinski definition) is 2. The summed E-state index contributed by atoms with van der Waals surface area (Å²) < 4.78 is 13.7. The van der Waals surface area contributed by atoms with E-state index in [1.165, 1.54) is 0 Å². The Balaban J connectivity index is 2.15. The zero-order chi connectivity index (χ0) is 10.1. The highest BCUT2D eigenvalue weighted by molar-refractivity contribution is 5.42. The first-order chi connectivity index (χ1) is 6.68. The van der Waals surface area contributed by atoms with Crippen molar-refractivity contribution in [2.24, 2.45) is 0 Å². The molecule has 0 bridgehead atoms. The maximum Gasteiger partial charge on any atom is 0.121 e. The van der Waals surface area contributed by atoms with E-state index in [2.05, 4.69) is 10.2 Å². The van der Waals surface area contributed by atoms with Crippen LogP contribution in [0, 0.1) is 0 Å². The average Bonchev–Trinajstić information content (AvgIpc) is 2.52. The summed E-state index contributed by atoms with van der Waals surface area (Å²) in [6, 6.07) is 0. The standard InChI is InChI=1S/C9H15FN4/c1-14-3-2-6(7(10)5-14)9-8(11)4-12-13-9/h4,6-7H,2-3,5,11H2,1H3,(H,12,13). The molecule has 0 aromatic carbocycles. The second-order valence-electron chi connectivity index (χ2n) is 3.91. The molecule has 0 spiro atoms. The number of halogens is 1. The third-order valence-electron chi connectivity index (χ3n) is 2.81. The minimum Gasteiger partial charge on any atom is -0.396 e. The molecule has 5 heteroatoms. The van der Waals surface area contributed by atoms with Crippen molar-refractivity contribution in [3.05, 3.63) is 11.9 Å². The number of hydrogen-bond acceptors (Lipinski definition) is 3. The van der Waals surface area contributed by atoms with Gasteiger partial charge in [-0.25, -0.2) is 4.39 Å². The van der Waals surface area contributed by atoms with E-state index < -0.39 is 6.17 Å². The van der Waals surface area contributed by atoms with Crippen LogP contribution in [-0.2, 0) is 0 Å². The van der Waals surface area contributed by atoms with Crippen LogP contribution in [0.3, 0.4) is 0 Å². The Morgan fingerprint density at radius 3 is 3.07 bits per heavy atom. The molecular weight excluding hydrogens is 183 g/mol. The van der Waals surface area contributed by atoms with Gasteiger partial charge >= 0.3 is 0 Å². The van der Waals surface area contributed by atoms with Crippen LogP contribution in [0.1, 0.15) is 18.0 Å². The highest BCUT2D eigenvalue weighted by Crippen LogP contribution is 2.31. The summed E-state index contributed by atoms with van der Waals surface area (Å²) in [5, 5.41) is 6.61. The van der Waals surface area contributed by atoms with Crippen molar-refractivity contribution in [2.45, 2.75) is 18.5 Å². The lowest BCUT2D eigenvalue weighted by molar-refractivity contribution is 0.138. The van der Waals surface area contributed by atoms with Gasteiger partial charge in [0.05, 0.1) is 17.6 Å². The highest BCUT2D eigenvalue weighted by atomic mass is 19.1. The maximum atomic E-state index is 13.7. The topological polar surface area (TPSA) is 57.9 Å². The van der Waals surface area contributed by atoms with Gasteiger partial charge in [0.15, 0.2) is 0 Å². The van der Waals surface area contributed by atoms with E-state index in [0.717, 1.165) is 18.7 Å². The summed E-state index contributed by atoms with van der Waals surface area (Å²) in [4.78, 5) is 1.99. The molecule has 14 heavy (non-hydrogen) atoms. The van der Waals surface area contributed by atoms with Crippen molar-refractivity contribution >= 4 is 5.69 Å². The number of piperidine rings is 1. The number of nitrogens with two attached hydrogens (primary N) is 1. The summed E-state index contributed by atoms with van der Waals surface area (Å²) >= 11 is 0. The van der Waals surface area contributed by atoms with Crippen molar-refractivity contribution in [3.63, 3.8) is 0 Å². The molecule has 1 saturated heterocycles. The van der Waals surface area contributed by atoms with Crippen LogP contribution in [0.4, 0.5) is 10.1 Å². The van der Waals surface area contributed by atoms with Crippen molar-refractivity contribution < 1.29 is 4.39 Å². The second kappa shape index (κ2) is 3.57. The van der Waals surface area contributed by atoms with E-state index in [-0.39, 0.29) is 5.92 Å². The minimum absolute atomic E-state index is 0.117. The quantitative estimate of drug-likeness (QED) is 0.700. The Labute approximate surface area is 82.3 Å². The van der Waals surface area contributed by atoms with Gasteiger partial charge in [-0.3, -0.25) is 5.10 Å². The Bertz CT molecular complexity index is 312. The van der Waals surface area contributed by atoms with Gasteiger partial charge in [0.25, 0.3) is 0 Å². The van der Waals surface area contributed by atoms with Gasteiger partial charge < -0.3 is 10.6 Å². The van der Waals surface area contributed by atoms with Gasteiger partial charge in [-0.05, 0) is 20.0 Å². The molecule has 4 nitrogen and oxygen atoms in total. The van der Waals surface area contributed by atoms with Crippen LogP contribution in [0.15, 0.2) is 6.20 Å². The number of aromatic nitrogens is 2. The van der Waals surface area contributed by atoms with Gasteiger partial charge in [0.1, 0.15) is 6.17 Å². The fraction of sp³-hybridized carbons (Fsp3) is 0.667. The number of nitrogens with zero attached hydrogens (tertiary/aromatic N) is 2. The first-order valence-electron chi connectivity index (χ1n) is 4.80. The lowest BCUT2D eigenvalue weighted by atomic mass is 9.91. The molecule has 1 aliphatic rings. The molecule has 2 rings (SSSR count). The first kappa shape index (κ1) is 9.45. The normalized spacial score (nSPS) is 29.3. The SMILES string of the molecule is CN1CCC(c2[nH]ncc2N)C(F)C1. The maximum absolute atomic E-state index is 13.7. The van der Waals surface area contributed by atoms with Gasteiger partial charge in [0.2, 0.25) is 0 Å². The lowest BCUT2D eigenvalue weighted by Crippen LogP contribution is -2.38. The van der Waals surface area contributed by atoms with Crippen LogP contribution in [0.5, 0.6) is 0 Å². The van der Waals surface area contributed by atoms with E-state index in [1.807, 2.05) is 11.9 Å². The predicted molar refractivity (Wildman–Crippen MR) is 52.8 cm³/mol. The molecule has 0 amide bonds. The number of likely N-dealkylation sites (tertiary alicyclic amines) is 1. The summed E-state index contributed by atoms with van der Waals surface area (Å²) in [5.74, 6) is -0.117. The van der Waals surface area contributed by atoms with Crippen molar-refractivity contribution in [1.29, 1.82) is 0 Å². The van der Waals surface area contributed by atoms with Gasteiger partial charge in [0, 0.05) is 12.5 Å². The predicted octanol–water partition coefficient (Wildman–Crippen LogP) is 0.749. The number of aromatic amines is 1. The second-order valence-corrected chi connectivity index (χ2v) is 3.91. The fourth-order valence-corrected chi connectivity index (χ4v) is 1.98. The molecule has 0 saturated carbocycles. The molecule has 1 aliphatic heterocycles. The van der Waals surface area contributed by atoms with Crippen LogP contribution in [0.25, 0.3) is 0 Å². The molecule has 1 aromatic rings. The molecular formula is C9H15FN4. The zero-order valence-electron chi connectivity index (χ0n) is 8.20. The van der Waals surface area contributed by atoms with Crippen LogP contribution < -0.4 is 5.73 Å². The molecule has 0 radical (unpaired) electrons. The van der Waals surface area contributed by atoms with E-state index in [0.29, 0.717) is 12.2 Å². The number of H-pyrrole nitrogens is 1. The van der Waals surface area contributed by atoms with E-state index in [9.17, 15) is 4.39 Å². The van der Waals surface area contributed by atoms with Crippen molar-refractivity contribution in [1.82, 2.24) is 15.1 Å². The highest BCUT2D eigenvalue weighted by Gasteiger charge is 2.30. The monoisotopic (exact) mass is 198 g/mol. The molecule has 2 heterocycles. The van der Waals surface area contributed by atoms with E-state index in [1.54, 1.807) is 6.20 Å². The average molecular weight is 198 g/mol. The van der Waals surface area contributed by atoms with E-state index in [4.69, 9.17) is 5.73 Å². The molecule has 2 unspecified atom stereocenters. The molecule has 3 N–H and O–H groups in total. The Morgan fingerprint density at radius 1 is 1.71 bits per heavy atom. The minimum atomic E-state index is -0.850. The van der Waals surface area contributed by atoms with Crippen LogP contribution in [0.2, 0.25) is 0 Å². The smallest absolute Gasteiger partial charge is 0.121 e. The summed E-state index contributed by atoms with van der Waals surface area (Å²) in [7, 11) is 1.93. The van der Waals surface area contributed by atoms with Crippen LogP contribution >= 0.6 is 0 Å². The number of rotatable bonds is 1. The largest absolute Gasteiger partial charge is 0.396 e.